The highest BCUT2D eigenvalue weighted by atomic mass is 19.1. The summed E-state index contributed by atoms with van der Waals surface area (Å²) in [5.41, 5.74) is 9.30. The Kier molecular flexibility index (Phi) is 4.82. The molecule has 5 heteroatoms. The van der Waals surface area contributed by atoms with Crippen molar-refractivity contribution < 1.29 is 9.18 Å². The second-order valence-electron chi connectivity index (χ2n) is 4.22. The third-order valence-corrected chi connectivity index (χ3v) is 2.66. The van der Waals surface area contributed by atoms with Gasteiger partial charge in [-0.3, -0.25) is 0 Å². The summed E-state index contributed by atoms with van der Waals surface area (Å²) in [6, 6.07) is 14.6. The second-order valence-corrected chi connectivity index (χ2v) is 4.22. The molecule has 0 aliphatic carbocycles. The number of nitrogens with two attached hydrogens (primary N) is 1. The average molecular weight is 283 g/mol. The lowest BCUT2D eigenvalue weighted by Crippen LogP contribution is -2.25. The van der Waals surface area contributed by atoms with E-state index in [9.17, 15) is 9.18 Å². The molecule has 0 aliphatic heterocycles. The van der Waals surface area contributed by atoms with Crippen LogP contribution >= 0.6 is 0 Å². The first kappa shape index (κ1) is 14.5. The molecular formula is C16H14FN3O. The fourth-order valence-corrected chi connectivity index (χ4v) is 1.67. The molecule has 0 atom stereocenters. The summed E-state index contributed by atoms with van der Waals surface area (Å²) >= 11 is 0. The number of primary amides is 1. The van der Waals surface area contributed by atoms with Crippen LogP contribution in [0.5, 0.6) is 0 Å². The van der Waals surface area contributed by atoms with Crippen molar-refractivity contribution >= 4 is 17.8 Å². The van der Waals surface area contributed by atoms with E-state index >= 15 is 0 Å². The zero-order valence-corrected chi connectivity index (χ0v) is 11.2. The minimum Gasteiger partial charge on any atom is -0.350 e. The van der Waals surface area contributed by atoms with Gasteiger partial charge in [-0.2, -0.15) is 5.10 Å². The number of nitrogens with zero attached hydrogens (tertiary/aromatic N) is 1. The number of hydrazone groups is 1. The molecule has 0 saturated carbocycles. The SMILES string of the molecule is NC(=O)N/N=C(\C=C\c1ccccc1)c1ccc(F)cc1. The van der Waals surface area contributed by atoms with Gasteiger partial charge in [-0.05, 0) is 35.9 Å². The largest absolute Gasteiger partial charge is 0.350 e. The number of allylic oxidation sites excluding steroid dienone is 1. The lowest BCUT2D eigenvalue weighted by molar-refractivity contribution is 0.249. The highest BCUT2D eigenvalue weighted by Gasteiger charge is 2.01. The summed E-state index contributed by atoms with van der Waals surface area (Å²) in [5.74, 6) is -0.340. The van der Waals surface area contributed by atoms with Crippen molar-refractivity contribution in [2.75, 3.05) is 0 Å². The van der Waals surface area contributed by atoms with E-state index in [4.69, 9.17) is 5.73 Å². The number of rotatable bonds is 4. The van der Waals surface area contributed by atoms with E-state index in [1.807, 2.05) is 36.4 Å². The van der Waals surface area contributed by atoms with Gasteiger partial charge in [0.05, 0.1) is 5.71 Å². The van der Waals surface area contributed by atoms with Gasteiger partial charge in [0, 0.05) is 5.56 Å². The molecular weight excluding hydrogens is 269 g/mol. The molecule has 0 radical (unpaired) electrons. The monoisotopic (exact) mass is 283 g/mol. The third kappa shape index (κ3) is 4.58. The van der Waals surface area contributed by atoms with Crippen LogP contribution in [0, 0.1) is 5.82 Å². The predicted molar refractivity (Wildman–Crippen MR) is 81.1 cm³/mol. The highest BCUT2D eigenvalue weighted by molar-refractivity contribution is 6.10. The van der Waals surface area contributed by atoms with E-state index in [0.29, 0.717) is 11.3 Å². The number of benzene rings is 2. The molecule has 0 saturated heterocycles. The summed E-state index contributed by atoms with van der Waals surface area (Å²) in [4.78, 5) is 10.8. The van der Waals surface area contributed by atoms with Crippen molar-refractivity contribution in [3.05, 3.63) is 77.6 Å². The van der Waals surface area contributed by atoms with Crippen LogP contribution in [-0.4, -0.2) is 11.7 Å². The fourth-order valence-electron chi connectivity index (χ4n) is 1.67. The summed E-state index contributed by atoms with van der Waals surface area (Å²) in [6.07, 6.45) is 3.56. The van der Waals surface area contributed by atoms with Crippen LogP contribution in [0.2, 0.25) is 0 Å². The molecule has 0 spiro atoms. The number of halogens is 1. The minimum absolute atomic E-state index is 0.340. The molecule has 0 fully saturated rings. The first-order valence-corrected chi connectivity index (χ1v) is 6.27. The molecule has 0 aromatic heterocycles. The number of carbonyl (C=O) groups excluding carboxylic acids is 1. The van der Waals surface area contributed by atoms with E-state index in [2.05, 4.69) is 10.5 Å². The first-order chi connectivity index (χ1) is 10.1. The van der Waals surface area contributed by atoms with Crippen molar-refractivity contribution in [1.29, 1.82) is 0 Å². The smallest absolute Gasteiger partial charge is 0.332 e. The van der Waals surface area contributed by atoms with Crippen LogP contribution in [0.1, 0.15) is 11.1 Å². The molecule has 0 bridgehead atoms. The molecule has 2 rings (SSSR count). The van der Waals surface area contributed by atoms with Crippen molar-refractivity contribution in [2.45, 2.75) is 0 Å². The normalized spacial score (nSPS) is 11.6. The number of hydrogen-bond acceptors (Lipinski definition) is 2. The lowest BCUT2D eigenvalue weighted by Gasteiger charge is -2.02. The molecule has 21 heavy (non-hydrogen) atoms. The maximum Gasteiger partial charge on any atom is 0.332 e. The first-order valence-electron chi connectivity index (χ1n) is 6.27. The van der Waals surface area contributed by atoms with E-state index in [1.54, 1.807) is 18.2 Å². The van der Waals surface area contributed by atoms with Gasteiger partial charge in [0.1, 0.15) is 5.82 Å². The molecule has 2 aromatic rings. The quantitative estimate of drug-likeness (QED) is 0.657. The standard InChI is InChI=1S/C16H14FN3O/c17-14-9-7-13(8-10-14)15(19-20-16(18)21)11-6-12-4-2-1-3-5-12/h1-11H,(H3,18,20,21)/b11-6+,19-15+. The van der Waals surface area contributed by atoms with Crippen molar-refractivity contribution in [3.63, 3.8) is 0 Å². The molecule has 0 unspecified atom stereocenters. The van der Waals surface area contributed by atoms with Gasteiger partial charge in [0.2, 0.25) is 0 Å². The van der Waals surface area contributed by atoms with Gasteiger partial charge < -0.3 is 5.73 Å². The summed E-state index contributed by atoms with van der Waals surface area (Å²) < 4.78 is 13.0. The van der Waals surface area contributed by atoms with Gasteiger partial charge in [-0.1, -0.05) is 36.4 Å². The van der Waals surface area contributed by atoms with E-state index < -0.39 is 6.03 Å². The Balaban J connectivity index is 2.28. The number of nitrogens with one attached hydrogen (secondary N) is 1. The molecule has 3 N–H and O–H groups in total. The van der Waals surface area contributed by atoms with Crippen LogP contribution in [0.25, 0.3) is 6.08 Å². The fraction of sp³-hybridized carbons (Fsp3) is 0. The topological polar surface area (TPSA) is 67.5 Å². The second kappa shape index (κ2) is 7.00. The molecule has 2 aromatic carbocycles. The zero-order valence-electron chi connectivity index (χ0n) is 11.2. The lowest BCUT2D eigenvalue weighted by atomic mass is 10.1. The number of carbonyl (C=O) groups is 1. The van der Waals surface area contributed by atoms with Crippen molar-refractivity contribution in [1.82, 2.24) is 5.43 Å². The molecule has 0 aliphatic rings. The van der Waals surface area contributed by atoms with Crippen LogP contribution < -0.4 is 11.2 Å². The maximum atomic E-state index is 13.0. The minimum atomic E-state index is -0.761. The van der Waals surface area contributed by atoms with Crippen LogP contribution in [-0.2, 0) is 0 Å². The molecule has 4 nitrogen and oxygen atoms in total. The summed E-state index contributed by atoms with van der Waals surface area (Å²) in [7, 11) is 0. The van der Waals surface area contributed by atoms with Crippen molar-refractivity contribution in [2.24, 2.45) is 10.8 Å². The average Bonchev–Trinajstić information content (AvgIpc) is 2.49. The summed E-state index contributed by atoms with van der Waals surface area (Å²) in [6.45, 7) is 0. The van der Waals surface area contributed by atoms with Gasteiger partial charge >= 0.3 is 6.03 Å². The van der Waals surface area contributed by atoms with E-state index in [-0.39, 0.29) is 5.82 Å². The number of amides is 2. The van der Waals surface area contributed by atoms with Gasteiger partial charge in [0.15, 0.2) is 0 Å². The Hall–Kier alpha value is -2.95. The van der Waals surface area contributed by atoms with Crippen LogP contribution in [0.3, 0.4) is 0 Å². The molecule has 0 heterocycles. The van der Waals surface area contributed by atoms with E-state index in [1.165, 1.54) is 12.1 Å². The van der Waals surface area contributed by atoms with E-state index in [0.717, 1.165) is 5.56 Å². The Labute approximate surface area is 121 Å². The van der Waals surface area contributed by atoms with Crippen molar-refractivity contribution in [3.8, 4) is 0 Å². The van der Waals surface area contributed by atoms with Gasteiger partial charge in [-0.25, -0.2) is 14.6 Å². The highest BCUT2D eigenvalue weighted by Crippen LogP contribution is 2.08. The summed E-state index contributed by atoms with van der Waals surface area (Å²) in [5, 5.41) is 3.92. The maximum absolute atomic E-state index is 13.0. The van der Waals surface area contributed by atoms with Crippen LogP contribution in [0.15, 0.2) is 65.8 Å². The number of hydrogen-bond donors (Lipinski definition) is 2. The van der Waals surface area contributed by atoms with Crippen LogP contribution in [0.4, 0.5) is 9.18 Å². The Bertz CT molecular complexity index is 664. The number of urea groups is 1. The molecule has 106 valence electrons. The van der Waals surface area contributed by atoms with Gasteiger partial charge in [-0.15, -0.1) is 0 Å². The Morgan fingerprint density at radius 1 is 1.10 bits per heavy atom. The Morgan fingerprint density at radius 2 is 1.76 bits per heavy atom. The zero-order chi connectivity index (χ0) is 15.1. The predicted octanol–water partition coefficient (Wildman–Crippen LogP) is 2.91. The third-order valence-electron chi connectivity index (χ3n) is 2.66. The molecule has 2 amide bonds. The van der Waals surface area contributed by atoms with Gasteiger partial charge in [0.25, 0.3) is 0 Å². The Morgan fingerprint density at radius 3 is 2.38 bits per heavy atom.